The molecule has 0 spiro atoms. The molecule has 1 fully saturated rings. The van der Waals surface area contributed by atoms with Gasteiger partial charge in [0.1, 0.15) is 5.82 Å². The summed E-state index contributed by atoms with van der Waals surface area (Å²) in [5, 5.41) is 0. The fourth-order valence-electron chi connectivity index (χ4n) is 2.51. The normalized spacial score (nSPS) is 19.4. The molecule has 0 unspecified atom stereocenters. The first-order valence-corrected chi connectivity index (χ1v) is 7.41. The lowest BCUT2D eigenvalue weighted by molar-refractivity contribution is -0.145. The molecule has 0 saturated carbocycles. The minimum absolute atomic E-state index is 0.0941. The molecule has 1 atom stereocenters. The summed E-state index contributed by atoms with van der Waals surface area (Å²) in [6.07, 6.45) is 0. The smallest absolute Gasteiger partial charge is 0.320 e. The fraction of sp³-hybridized carbons (Fsp3) is 0.500. The van der Waals surface area contributed by atoms with Crippen molar-refractivity contribution >= 4 is 17.6 Å². The molecule has 0 bridgehead atoms. The van der Waals surface area contributed by atoms with Gasteiger partial charge in [-0.1, -0.05) is 6.07 Å². The van der Waals surface area contributed by atoms with Crippen LogP contribution in [-0.2, 0) is 14.3 Å². The van der Waals surface area contributed by atoms with Crippen LogP contribution in [0.3, 0.4) is 0 Å². The summed E-state index contributed by atoms with van der Waals surface area (Å²) in [5.74, 6) is -0.803. The van der Waals surface area contributed by atoms with Crippen molar-refractivity contribution in [2.24, 2.45) is 0 Å². The van der Waals surface area contributed by atoms with Crippen LogP contribution in [0.5, 0.6) is 0 Å². The van der Waals surface area contributed by atoms with Gasteiger partial charge in [-0.05, 0) is 38.5 Å². The fourth-order valence-corrected chi connectivity index (χ4v) is 2.51. The number of hydrogen-bond donors (Lipinski definition) is 0. The molecule has 1 heterocycles. The van der Waals surface area contributed by atoms with E-state index in [0.29, 0.717) is 30.9 Å². The number of carbonyl (C=O) groups excluding carboxylic acids is 2. The van der Waals surface area contributed by atoms with Crippen LogP contribution >= 0.6 is 0 Å². The highest BCUT2D eigenvalue weighted by atomic mass is 19.1. The third-order valence-electron chi connectivity index (χ3n) is 3.89. The standard InChI is InChI=1S/C16H21FN2O3/c1-4-22-15(20)10-18-7-8-19(16(21)12(18)3)13-6-5-11(2)14(17)9-13/h5-6,9,12H,4,7-8,10H2,1-3H3/t12-/m0/s1. The lowest BCUT2D eigenvalue weighted by Crippen LogP contribution is -2.57. The van der Waals surface area contributed by atoms with Gasteiger partial charge in [0, 0.05) is 18.8 Å². The van der Waals surface area contributed by atoms with Crippen molar-refractivity contribution in [1.29, 1.82) is 0 Å². The Morgan fingerprint density at radius 1 is 1.41 bits per heavy atom. The number of ether oxygens (including phenoxy) is 1. The van der Waals surface area contributed by atoms with Crippen molar-refractivity contribution in [2.45, 2.75) is 26.8 Å². The summed E-state index contributed by atoms with van der Waals surface area (Å²) in [6, 6.07) is 4.33. The molecule has 0 aromatic heterocycles. The van der Waals surface area contributed by atoms with Gasteiger partial charge >= 0.3 is 5.97 Å². The number of nitrogens with zero attached hydrogens (tertiary/aromatic N) is 2. The lowest BCUT2D eigenvalue weighted by Gasteiger charge is -2.38. The molecular weight excluding hydrogens is 287 g/mol. The summed E-state index contributed by atoms with van der Waals surface area (Å²) < 4.78 is 18.6. The molecule has 1 saturated heterocycles. The molecule has 22 heavy (non-hydrogen) atoms. The average molecular weight is 308 g/mol. The molecule has 6 heteroatoms. The maximum atomic E-state index is 13.7. The lowest BCUT2D eigenvalue weighted by atomic mass is 10.1. The number of amides is 1. The van der Waals surface area contributed by atoms with Gasteiger partial charge in [0.2, 0.25) is 5.91 Å². The Kier molecular flexibility index (Phi) is 5.13. The Morgan fingerprint density at radius 3 is 2.77 bits per heavy atom. The summed E-state index contributed by atoms with van der Waals surface area (Å²) >= 11 is 0. The Balaban J connectivity index is 2.08. The molecule has 5 nitrogen and oxygen atoms in total. The maximum Gasteiger partial charge on any atom is 0.320 e. The maximum absolute atomic E-state index is 13.7. The predicted molar refractivity (Wildman–Crippen MR) is 81.2 cm³/mol. The van der Waals surface area contributed by atoms with Crippen LogP contribution in [0, 0.1) is 12.7 Å². The second kappa shape index (κ2) is 6.87. The SMILES string of the molecule is CCOC(=O)CN1CCN(c2ccc(C)c(F)c2)C(=O)[C@@H]1C. The van der Waals surface area contributed by atoms with E-state index in [2.05, 4.69) is 0 Å². The van der Waals surface area contributed by atoms with Gasteiger partial charge < -0.3 is 9.64 Å². The highest BCUT2D eigenvalue weighted by Gasteiger charge is 2.33. The molecule has 1 aliphatic rings. The zero-order chi connectivity index (χ0) is 16.3. The minimum atomic E-state index is -0.442. The summed E-state index contributed by atoms with van der Waals surface area (Å²) in [7, 11) is 0. The second-order valence-electron chi connectivity index (χ2n) is 5.37. The van der Waals surface area contributed by atoms with Crippen LogP contribution in [0.4, 0.5) is 10.1 Å². The number of halogens is 1. The van der Waals surface area contributed by atoms with Crippen molar-refractivity contribution < 1.29 is 18.7 Å². The number of anilines is 1. The van der Waals surface area contributed by atoms with Gasteiger partial charge in [-0.2, -0.15) is 0 Å². The minimum Gasteiger partial charge on any atom is -0.465 e. The average Bonchev–Trinajstić information content (AvgIpc) is 2.47. The van der Waals surface area contributed by atoms with E-state index in [0.717, 1.165) is 0 Å². The predicted octanol–water partition coefficient (Wildman–Crippen LogP) is 1.73. The Hall–Kier alpha value is -1.95. The topological polar surface area (TPSA) is 49.9 Å². The third-order valence-corrected chi connectivity index (χ3v) is 3.89. The van der Waals surface area contributed by atoms with Gasteiger partial charge in [0.05, 0.1) is 19.2 Å². The van der Waals surface area contributed by atoms with Crippen LogP contribution in [0.15, 0.2) is 18.2 Å². The Bertz CT molecular complexity index is 577. The number of rotatable bonds is 4. The zero-order valence-electron chi connectivity index (χ0n) is 13.1. The first-order chi connectivity index (χ1) is 10.4. The summed E-state index contributed by atoms with van der Waals surface area (Å²) in [5.41, 5.74) is 1.10. The largest absolute Gasteiger partial charge is 0.465 e. The van der Waals surface area contributed by atoms with Crippen molar-refractivity contribution in [2.75, 3.05) is 31.1 Å². The van der Waals surface area contributed by atoms with E-state index in [1.807, 2.05) is 0 Å². The Morgan fingerprint density at radius 2 is 2.14 bits per heavy atom. The molecule has 0 radical (unpaired) electrons. The van der Waals surface area contributed by atoms with Gasteiger partial charge in [-0.25, -0.2) is 4.39 Å². The molecular formula is C16H21FN2O3. The number of carbonyl (C=O) groups is 2. The quantitative estimate of drug-likeness (QED) is 0.795. The van der Waals surface area contributed by atoms with Crippen molar-refractivity contribution in [1.82, 2.24) is 4.90 Å². The molecule has 1 aliphatic heterocycles. The number of esters is 1. The molecule has 2 rings (SSSR count). The molecule has 120 valence electrons. The van der Waals surface area contributed by atoms with Gasteiger partial charge in [-0.15, -0.1) is 0 Å². The van der Waals surface area contributed by atoms with Gasteiger partial charge in [-0.3, -0.25) is 14.5 Å². The molecule has 0 aliphatic carbocycles. The highest BCUT2D eigenvalue weighted by molar-refractivity contribution is 5.98. The molecule has 1 aromatic rings. The first-order valence-electron chi connectivity index (χ1n) is 7.41. The van der Waals surface area contributed by atoms with Gasteiger partial charge in [0.25, 0.3) is 0 Å². The van der Waals surface area contributed by atoms with Crippen LogP contribution in [0.1, 0.15) is 19.4 Å². The second-order valence-corrected chi connectivity index (χ2v) is 5.37. The van der Waals surface area contributed by atoms with Crippen LogP contribution < -0.4 is 4.90 Å². The summed E-state index contributed by atoms with van der Waals surface area (Å²) in [6.45, 7) is 6.56. The number of aryl methyl sites for hydroxylation is 1. The van der Waals surface area contributed by atoms with E-state index in [4.69, 9.17) is 4.74 Å². The van der Waals surface area contributed by atoms with Crippen molar-refractivity contribution in [3.63, 3.8) is 0 Å². The van der Waals surface area contributed by atoms with Crippen LogP contribution in [-0.4, -0.2) is 49.1 Å². The van der Waals surface area contributed by atoms with E-state index in [1.54, 1.807) is 42.7 Å². The van der Waals surface area contributed by atoms with E-state index in [1.165, 1.54) is 6.07 Å². The van der Waals surface area contributed by atoms with Crippen molar-refractivity contribution in [3.8, 4) is 0 Å². The molecule has 0 N–H and O–H groups in total. The first kappa shape index (κ1) is 16.4. The number of piperazine rings is 1. The monoisotopic (exact) mass is 308 g/mol. The van der Waals surface area contributed by atoms with Crippen molar-refractivity contribution in [3.05, 3.63) is 29.6 Å². The third kappa shape index (κ3) is 3.44. The number of benzene rings is 1. The van der Waals surface area contributed by atoms with E-state index in [-0.39, 0.29) is 24.2 Å². The van der Waals surface area contributed by atoms with Gasteiger partial charge in [0.15, 0.2) is 0 Å². The van der Waals surface area contributed by atoms with E-state index < -0.39 is 6.04 Å². The van der Waals surface area contributed by atoms with E-state index >= 15 is 0 Å². The van der Waals surface area contributed by atoms with Crippen LogP contribution in [0.2, 0.25) is 0 Å². The molecule has 1 amide bonds. The van der Waals surface area contributed by atoms with E-state index in [9.17, 15) is 14.0 Å². The number of hydrogen-bond acceptors (Lipinski definition) is 4. The summed E-state index contributed by atoms with van der Waals surface area (Å²) in [4.78, 5) is 27.4. The Labute approximate surface area is 129 Å². The highest BCUT2D eigenvalue weighted by Crippen LogP contribution is 2.22. The zero-order valence-corrected chi connectivity index (χ0v) is 13.1. The van der Waals surface area contributed by atoms with Crippen LogP contribution in [0.25, 0.3) is 0 Å². The molecule has 1 aromatic carbocycles.